The lowest BCUT2D eigenvalue weighted by Gasteiger charge is -2.29. The molecule has 0 spiro atoms. The number of aromatic carboxylic acids is 1. The number of hydrogen-bond acceptors (Lipinski definition) is 2. The number of anilines is 1. The van der Waals surface area contributed by atoms with Crippen LogP contribution in [0.1, 0.15) is 35.2 Å². The lowest BCUT2D eigenvalue weighted by atomic mass is 10.1. The Morgan fingerprint density at radius 2 is 1.88 bits per heavy atom. The fourth-order valence-electron chi connectivity index (χ4n) is 2.22. The Morgan fingerprint density at radius 1 is 1.19 bits per heavy atom. The summed E-state index contributed by atoms with van der Waals surface area (Å²) in [4.78, 5) is 13.3. The third-order valence-corrected chi connectivity index (χ3v) is 3.03. The van der Waals surface area contributed by atoms with Gasteiger partial charge in [0.15, 0.2) is 0 Å². The molecule has 3 heteroatoms. The van der Waals surface area contributed by atoms with Gasteiger partial charge in [0.25, 0.3) is 0 Å². The topological polar surface area (TPSA) is 40.5 Å². The van der Waals surface area contributed by atoms with Crippen LogP contribution in [0.5, 0.6) is 0 Å². The minimum atomic E-state index is -0.845. The summed E-state index contributed by atoms with van der Waals surface area (Å²) in [6.45, 7) is 4.03. The maximum absolute atomic E-state index is 11.0. The summed E-state index contributed by atoms with van der Waals surface area (Å²) < 4.78 is 0. The van der Waals surface area contributed by atoms with Crippen molar-refractivity contribution in [3.63, 3.8) is 0 Å². The average Bonchev–Trinajstić information content (AvgIpc) is 2.29. The first-order valence-corrected chi connectivity index (χ1v) is 5.77. The molecule has 2 rings (SSSR count). The molecule has 0 unspecified atom stereocenters. The molecule has 1 aliphatic heterocycles. The minimum Gasteiger partial charge on any atom is -0.478 e. The Labute approximate surface area is 95.7 Å². The first-order valence-electron chi connectivity index (χ1n) is 5.77. The van der Waals surface area contributed by atoms with Gasteiger partial charge in [0.2, 0.25) is 0 Å². The fraction of sp³-hybridized carbons (Fsp3) is 0.462. The molecule has 0 atom stereocenters. The quantitative estimate of drug-likeness (QED) is 0.831. The second-order valence-electron chi connectivity index (χ2n) is 4.41. The van der Waals surface area contributed by atoms with Crippen LogP contribution in [0.25, 0.3) is 0 Å². The van der Waals surface area contributed by atoms with Crippen molar-refractivity contribution in [3.05, 3.63) is 29.3 Å². The number of carboxylic acids is 1. The van der Waals surface area contributed by atoms with Gasteiger partial charge in [-0.2, -0.15) is 0 Å². The summed E-state index contributed by atoms with van der Waals surface area (Å²) in [5.74, 6) is -0.845. The molecule has 3 nitrogen and oxygen atoms in total. The lowest BCUT2D eigenvalue weighted by Crippen LogP contribution is -2.29. The Balaban J connectivity index is 2.28. The van der Waals surface area contributed by atoms with Gasteiger partial charge in [-0.15, -0.1) is 0 Å². The normalized spacial score (nSPS) is 16.2. The third-order valence-electron chi connectivity index (χ3n) is 3.03. The molecule has 0 aliphatic carbocycles. The number of rotatable bonds is 2. The zero-order chi connectivity index (χ0) is 11.5. The summed E-state index contributed by atoms with van der Waals surface area (Å²) in [7, 11) is 0. The number of nitrogens with zero attached hydrogens (tertiary/aromatic N) is 1. The van der Waals surface area contributed by atoms with E-state index in [1.54, 1.807) is 12.1 Å². The van der Waals surface area contributed by atoms with E-state index in [9.17, 15) is 4.79 Å². The highest BCUT2D eigenvalue weighted by Crippen LogP contribution is 2.22. The molecule has 0 bridgehead atoms. The molecule has 16 heavy (non-hydrogen) atoms. The molecule has 0 saturated carbocycles. The number of piperidine rings is 1. The van der Waals surface area contributed by atoms with Crippen molar-refractivity contribution in [1.82, 2.24) is 0 Å². The first-order chi connectivity index (χ1) is 7.66. The molecule has 1 aromatic carbocycles. The maximum atomic E-state index is 11.0. The predicted molar refractivity (Wildman–Crippen MR) is 64.2 cm³/mol. The number of benzene rings is 1. The predicted octanol–water partition coefficient (Wildman–Crippen LogP) is 2.68. The van der Waals surface area contributed by atoms with Gasteiger partial charge in [0, 0.05) is 18.8 Å². The van der Waals surface area contributed by atoms with Gasteiger partial charge in [-0.1, -0.05) is 0 Å². The van der Waals surface area contributed by atoms with Crippen LogP contribution in [0.3, 0.4) is 0 Å². The minimum absolute atomic E-state index is 0.389. The van der Waals surface area contributed by atoms with E-state index in [4.69, 9.17) is 5.11 Å². The second kappa shape index (κ2) is 4.56. The molecule has 1 heterocycles. The molecule has 0 aromatic heterocycles. The van der Waals surface area contributed by atoms with Crippen LogP contribution in [0.15, 0.2) is 18.2 Å². The summed E-state index contributed by atoms with van der Waals surface area (Å²) >= 11 is 0. The van der Waals surface area contributed by atoms with Gasteiger partial charge in [-0.05, 0) is 49.9 Å². The van der Waals surface area contributed by atoms with Crippen molar-refractivity contribution < 1.29 is 9.90 Å². The third kappa shape index (κ3) is 2.35. The lowest BCUT2D eigenvalue weighted by molar-refractivity contribution is 0.0697. The van der Waals surface area contributed by atoms with Gasteiger partial charge < -0.3 is 10.0 Å². The van der Waals surface area contributed by atoms with E-state index >= 15 is 0 Å². The van der Waals surface area contributed by atoms with E-state index in [1.165, 1.54) is 19.3 Å². The van der Waals surface area contributed by atoms with Crippen LogP contribution < -0.4 is 4.90 Å². The van der Waals surface area contributed by atoms with Gasteiger partial charge >= 0.3 is 5.97 Å². The summed E-state index contributed by atoms with van der Waals surface area (Å²) in [5.41, 5.74) is 2.46. The summed E-state index contributed by atoms with van der Waals surface area (Å²) in [6.07, 6.45) is 3.70. The highest BCUT2D eigenvalue weighted by molar-refractivity contribution is 5.89. The zero-order valence-electron chi connectivity index (χ0n) is 9.57. The Kier molecular flexibility index (Phi) is 3.13. The van der Waals surface area contributed by atoms with Crippen LogP contribution in [0, 0.1) is 6.92 Å². The highest BCUT2D eigenvalue weighted by atomic mass is 16.4. The van der Waals surface area contributed by atoms with Crippen LogP contribution in [0.4, 0.5) is 5.69 Å². The van der Waals surface area contributed by atoms with Crippen molar-refractivity contribution in [1.29, 1.82) is 0 Å². The van der Waals surface area contributed by atoms with Gasteiger partial charge in [0.05, 0.1) is 5.56 Å². The molecule has 0 radical (unpaired) electrons. The molecular weight excluding hydrogens is 202 g/mol. The van der Waals surface area contributed by atoms with Gasteiger partial charge in [0.1, 0.15) is 0 Å². The van der Waals surface area contributed by atoms with Crippen LogP contribution >= 0.6 is 0 Å². The zero-order valence-corrected chi connectivity index (χ0v) is 9.57. The molecule has 0 amide bonds. The molecule has 1 aliphatic rings. The number of aryl methyl sites for hydroxylation is 1. The molecule has 86 valence electrons. The van der Waals surface area contributed by atoms with Gasteiger partial charge in [-0.25, -0.2) is 4.79 Å². The number of carbonyl (C=O) groups is 1. The molecule has 1 saturated heterocycles. The molecule has 1 N–H and O–H groups in total. The summed E-state index contributed by atoms with van der Waals surface area (Å²) in [6, 6.07) is 5.56. The highest BCUT2D eigenvalue weighted by Gasteiger charge is 2.13. The van der Waals surface area contributed by atoms with Crippen molar-refractivity contribution >= 4 is 11.7 Å². The van der Waals surface area contributed by atoms with Crippen LogP contribution in [-0.4, -0.2) is 24.2 Å². The van der Waals surface area contributed by atoms with E-state index < -0.39 is 5.97 Å². The van der Waals surface area contributed by atoms with Crippen LogP contribution in [0.2, 0.25) is 0 Å². The van der Waals surface area contributed by atoms with Crippen LogP contribution in [-0.2, 0) is 0 Å². The first kappa shape index (κ1) is 11.0. The van der Waals surface area contributed by atoms with Crippen molar-refractivity contribution in [2.45, 2.75) is 26.2 Å². The van der Waals surface area contributed by atoms with E-state index in [0.717, 1.165) is 24.3 Å². The van der Waals surface area contributed by atoms with E-state index in [1.807, 2.05) is 6.92 Å². The maximum Gasteiger partial charge on any atom is 0.335 e. The van der Waals surface area contributed by atoms with E-state index in [0.29, 0.717) is 5.56 Å². The Bertz CT molecular complexity index is 395. The van der Waals surface area contributed by atoms with Gasteiger partial charge in [-0.3, -0.25) is 0 Å². The largest absolute Gasteiger partial charge is 0.478 e. The number of carboxylic acid groups (broad SMARTS) is 1. The standard InChI is InChI=1S/C13H17NO2/c1-10-7-11(13(15)16)9-12(8-10)14-5-3-2-4-6-14/h7-9H,2-6H2,1H3,(H,15,16). The Hall–Kier alpha value is -1.51. The fourth-order valence-corrected chi connectivity index (χ4v) is 2.22. The monoisotopic (exact) mass is 219 g/mol. The number of hydrogen-bond donors (Lipinski definition) is 1. The average molecular weight is 219 g/mol. The van der Waals surface area contributed by atoms with E-state index in [-0.39, 0.29) is 0 Å². The second-order valence-corrected chi connectivity index (χ2v) is 4.41. The SMILES string of the molecule is Cc1cc(C(=O)O)cc(N2CCCCC2)c1. The molecule has 1 aromatic rings. The van der Waals surface area contributed by atoms with Crippen molar-refractivity contribution in [2.24, 2.45) is 0 Å². The Morgan fingerprint density at radius 3 is 2.50 bits per heavy atom. The van der Waals surface area contributed by atoms with Crippen molar-refractivity contribution in [3.8, 4) is 0 Å². The van der Waals surface area contributed by atoms with Crippen molar-refractivity contribution in [2.75, 3.05) is 18.0 Å². The molecular formula is C13H17NO2. The van der Waals surface area contributed by atoms with E-state index in [2.05, 4.69) is 11.0 Å². The summed E-state index contributed by atoms with van der Waals surface area (Å²) in [5, 5.41) is 9.01. The molecule has 1 fully saturated rings. The smallest absolute Gasteiger partial charge is 0.335 e.